The minimum absolute atomic E-state index is 0.271. The minimum Gasteiger partial charge on any atom is -0.493 e. The van der Waals surface area contributed by atoms with E-state index >= 15 is 0 Å². The van der Waals surface area contributed by atoms with Crippen molar-refractivity contribution >= 4 is 0 Å². The van der Waals surface area contributed by atoms with Crippen LogP contribution in [0.3, 0.4) is 0 Å². The number of benzene rings is 2. The second-order valence-electron chi connectivity index (χ2n) is 5.95. The molecule has 3 rings (SSSR count). The molecule has 2 aromatic carbocycles. The lowest BCUT2D eigenvalue weighted by molar-refractivity contribution is 0.351. The Labute approximate surface area is 156 Å². The molecule has 3 aromatic rings. The average molecular weight is 367 g/mol. The van der Waals surface area contributed by atoms with Crippen LogP contribution in [0.2, 0.25) is 0 Å². The molecule has 0 fully saturated rings. The molecule has 0 aliphatic carbocycles. The summed E-state index contributed by atoms with van der Waals surface area (Å²) in [5.74, 6) is 0.498. The molecule has 0 saturated carbocycles. The van der Waals surface area contributed by atoms with Gasteiger partial charge in [0.2, 0.25) is 11.7 Å². The van der Waals surface area contributed by atoms with E-state index < -0.39 is 11.7 Å². The van der Waals surface area contributed by atoms with Gasteiger partial charge in [-0.1, -0.05) is 29.4 Å². The first-order valence-electron chi connectivity index (χ1n) is 8.26. The maximum absolute atomic E-state index is 14.5. The van der Waals surface area contributed by atoms with E-state index in [1.807, 2.05) is 24.3 Å². The maximum atomic E-state index is 14.5. The molecule has 138 valence electrons. The Morgan fingerprint density at radius 1 is 1.15 bits per heavy atom. The zero-order valence-electron chi connectivity index (χ0n) is 15.2. The Morgan fingerprint density at radius 2 is 1.81 bits per heavy atom. The number of nitriles is 1. The van der Waals surface area contributed by atoms with Gasteiger partial charge in [0, 0.05) is 24.1 Å². The van der Waals surface area contributed by atoms with Crippen molar-refractivity contribution in [1.82, 2.24) is 10.1 Å². The Bertz CT molecular complexity index is 977. The van der Waals surface area contributed by atoms with Crippen LogP contribution < -0.4 is 9.47 Å². The van der Waals surface area contributed by atoms with Gasteiger partial charge in [-0.15, -0.1) is 0 Å². The number of ether oxygens (including phenoxy) is 2. The molecule has 0 aliphatic heterocycles. The Kier molecular flexibility index (Phi) is 5.36. The molecule has 1 heterocycles. The van der Waals surface area contributed by atoms with Gasteiger partial charge in [0.25, 0.3) is 0 Å². The van der Waals surface area contributed by atoms with E-state index in [2.05, 4.69) is 16.2 Å². The quantitative estimate of drug-likeness (QED) is 0.654. The number of halogens is 1. The summed E-state index contributed by atoms with van der Waals surface area (Å²) in [6, 6.07) is 12.3. The van der Waals surface area contributed by atoms with Crippen molar-refractivity contribution in [1.29, 1.82) is 5.26 Å². The van der Waals surface area contributed by atoms with E-state index in [1.54, 1.807) is 6.92 Å². The standard InChI is InChI=1S/C20H18FN3O3/c1-12-23-20(24-27-12)14-6-4-13(5-7-14)8-15(11-22)16-9-18(25-2)19(26-3)10-17(16)21/h4-7,9-10,15H,8H2,1-3H3. The van der Waals surface area contributed by atoms with Crippen molar-refractivity contribution in [3.63, 3.8) is 0 Å². The summed E-state index contributed by atoms with van der Waals surface area (Å²) in [4.78, 5) is 4.18. The van der Waals surface area contributed by atoms with Gasteiger partial charge in [-0.3, -0.25) is 0 Å². The number of hydrogen-bond donors (Lipinski definition) is 0. The van der Waals surface area contributed by atoms with E-state index in [0.717, 1.165) is 11.1 Å². The fourth-order valence-electron chi connectivity index (χ4n) is 2.80. The molecule has 0 N–H and O–H groups in total. The molecule has 7 heteroatoms. The van der Waals surface area contributed by atoms with Crippen molar-refractivity contribution in [2.75, 3.05) is 14.2 Å². The van der Waals surface area contributed by atoms with Gasteiger partial charge in [-0.25, -0.2) is 4.39 Å². The average Bonchev–Trinajstić information content (AvgIpc) is 3.13. The van der Waals surface area contributed by atoms with Gasteiger partial charge in [0.1, 0.15) is 5.82 Å². The zero-order chi connectivity index (χ0) is 19.4. The second kappa shape index (κ2) is 7.87. The molecule has 1 atom stereocenters. The topological polar surface area (TPSA) is 81.2 Å². The van der Waals surface area contributed by atoms with Crippen molar-refractivity contribution in [3.8, 4) is 29.0 Å². The molecule has 0 spiro atoms. The third-order valence-electron chi connectivity index (χ3n) is 4.21. The zero-order valence-corrected chi connectivity index (χ0v) is 15.2. The summed E-state index contributed by atoms with van der Waals surface area (Å²) in [5.41, 5.74) is 1.97. The molecule has 6 nitrogen and oxygen atoms in total. The normalized spacial score (nSPS) is 11.7. The van der Waals surface area contributed by atoms with E-state index in [0.29, 0.717) is 23.9 Å². The van der Waals surface area contributed by atoms with Crippen LogP contribution in [0.5, 0.6) is 11.5 Å². The molecule has 0 bridgehead atoms. The highest BCUT2D eigenvalue weighted by Crippen LogP contribution is 2.34. The van der Waals surface area contributed by atoms with Crippen LogP contribution in [0.25, 0.3) is 11.4 Å². The Balaban J connectivity index is 1.84. The van der Waals surface area contributed by atoms with Crippen LogP contribution >= 0.6 is 0 Å². The largest absolute Gasteiger partial charge is 0.493 e. The highest BCUT2D eigenvalue weighted by molar-refractivity contribution is 5.55. The first kappa shape index (κ1) is 18.4. The molecule has 0 saturated heterocycles. The number of aromatic nitrogens is 2. The number of aryl methyl sites for hydroxylation is 1. The minimum atomic E-state index is -0.664. The molecule has 1 aromatic heterocycles. The summed E-state index contributed by atoms with van der Waals surface area (Å²) >= 11 is 0. The van der Waals surface area contributed by atoms with Gasteiger partial charge in [-0.05, 0) is 18.1 Å². The third kappa shape index (κ3) is 3.90. The first-order chi connectivity index (χ1) is 13.0. The van der Waals surface area contributed by atoms with E-state index in [1.165, 1.54) is 26.4 Å². The second-order valence-corrected chi connectivity index (χ2v) is 5.95. The lowest BCUT2D eigenvalue weighted by Crippen LogP contribution is -2.05. The van der Waals surface area contributed by atoms with Gasteiger partial charge < -0.3 is 14.0 Å². The monoisotopic (exact) mass is 367 g/mol. The summed E-state index contributed by atoms with van der Waals surface area (Å²) < 4.78 is 29.8. The summed E-state index contributed by atoms with van der Waals surface area (Å²) in [5, 5.41) is 13.4. The maximum Gasteiger partial charge on any atom is 0.223 e. The predicted octanol–water partition coefficient (Wildman–Crippen LogP) is 4.05. The van der Waals surface area contributed by atoms with Crippen LogP contribution in [0.4, 0.5) is 4.39 Å². The third-order valence-corrected chi connectivity index (χ3v) is 4.21. The molecule has 1 unspecified atom stereocenters. The van der Waals surface area contributed by atoms with E-state index in [-0.39, 0.29) is 11.3 Å². The molecular weight excluding hydrogens is 349 g/mol. The lowest BCUT2D eigenvalue weighted by Gasteiger charge is -2.15. The van der Waals surface area contributed by atoms with Crippen molar-refractivity contribution in [2.24, 2.45) is 0 Å². The molecule has 0 radical (unpaired) electrons. The number of methoxy groups -OCH3 is 2. The predicted molar refractivity (Wildman–Crippen MR) is 96.0 cm³/mol. The van der Waals surface area contributed by atoms with Gasteiger partial charge in [0.05, 0.1) is 26.2 Å². The van der Waals surface area contributed by atoms with Crippen LogP contribution in [0.15, 0.2) is 40.9 Å². The van der Waals surface area contributed by atoms with Crippen LogP contribution in [-0.2, 0) is 6.42 Å². The molecule has 27 heavy (non-hydrogen) atoms. The molecular formula is C20H18FN3O3. The smallest absolute Gasteiger partial charge is 0.223 e. The molecule has 0 amide bonds. The van der Waals surface area contributed by atoms with Crippen molar-refractivity contribution < 1.29 is 18.4 Å². The van der Waals surface area contributed by atoms with Gasteiger partial charge in [-0.2, -0.15) is 10.2 Å². The summed E-state index contributed by atoms with van der Waals surface area (Å²) in [6.07, 6.45) is 0.356. The van der Waals surface area contributed by atoms with Crippen molar-refractivity contribution in [3.05, 3.63) is 59.2 Å². The highest BCUT2D eigenvalue weighted by Gasteiger charge is 2.20. The fourth-order valence-corrected chi connectivity index (χ4v) is 2.80. The summed E-state index contributed by atoms with van der Waals surface area (Å²) in [7, 11) is 2.91. The van der Waals surface area contributed by atoms with E-state index in [9.17, 15) is 9.65 Å². The highest BCUT2D eigenvalue weighted by atomic mass is 19.1. The lowest BCUT2D eigenvalue weighted by atomic mass is 9.92. The van der Waals surface area contributed by atoms with Crippen LogP contribution in [0.1, 0.15) is 22.9 Å². The van der Waals surface area contributed by atoms with Crippen LogP contribution in [-0.4, -0.2) is 24.4 Å². The number of rotatable bonds is 6. The number of nitrogens with zero attached hydrogens (tertiary/aromatic N) is 3. The fraction of sp³-hybridized carbons (Fsp3) is 0.250. The van der Waals surface area contributed by atoms with Gasteiger partial charge in [0.15, 0.2) is 11.5 Å². The Hall–Kier alpha value is -3.40. The van der Waals surface area contributed by atoms with E-state index in [4.69, 9.17) is 14.0 Å². The van der Waals surface area contributed by atoms with Crippen LogP contribution in [0, 0.1) is 24.1 Å². The summed E-state index contributed by atoms with van der Waals surface area (Å²) in [6.45, 7) is 1.72. The van der Waals surface area contributed by atoms with Crippen molar-refractivity contribution in [2.45, 2.75) is 19.3 Å². The molecule has 0 aliphatic rings. The Morgan fingerprint density at radius 3 is 2.37 bits per heavy atom. The first-order valence-corrected chi connectivity index (χ1v) is 8.26. The number of hydrogen-bond acceptors (Lipinski definition) is 6. The SMILES string of the molecule is COc1cc(F)c(C(C#N)Cc2ccc(-c3noc(C)n3)cc2)cc1OC. The van der Waals surface area contributed by atoms with Gasteiger partial charge >= 0.3 is 0 Å².